The molecule has 0 unspecified atom stereocenters. The topological polar surface area (TPSA) is 79.3 Å². The molecule has 114 valence electrons. The molecule has 0 bridgehead atoms. The number of nitrogens with zero attached hydrogens (tertiary/aromatic N) is 1. The number of aromatic nitrogens is 1. The Bertz CT molecular complexity index is 512. The van der Waals surface area contributed by atoms with E-state index in [4.69, 9.17) is 0 Å². The average Bonchev–Trinajstić information content (AvgIpc) is 2.48. The van der Waals surface area contributed by atoms with E-state index in [1.807, 2.05) is 6.07 Å². The molecule has 1 aliphatic carbocycles. The number of hydrogen-bond acceptors (Lipinski definition) is 3. The van der Waals surface area contributed by atoms with Gasteiger partial charge in [0.2, 0.25) is 5.91 Å². The smallest absolute Gasteiger partial charge is 0.307 e. The van der Waals surface area contributed by atoms with Gasteiger partial charge >= 0.3 is 5.97 Å². The Balaban J connectivity index is 2.00. The van der Waals surface area contributed by atoms with Crippen molar-refractivity contribution in [2.75, 3.05) is 0 Å². The Morgan fingerprint density at radius 3 is 2.52 bits per heavy atom. The van der Waals surface area contributed by atoms with Gasteiger partial charge < -0.3 is 10.4 Å². The highest BCUT2D eigenvalue weighted by Crippen LogP contribution is 2.38. The van der Waals surface area contributed by atoms with E-state index in [0.717, 1.165) is 5.56 Å². The van der Waals surface area contributed by atoms with Crippen LogP contribution in [0.4, 0.5) is 0 Å². The third-order valence-electron chi connectivity index (χ3n) is 3.68. The molecule has 0 aliphatic heterocycles. The van der Waals surface area contributed by atoms with Crippen LogP contribution >= 0.6 is 31.9 Å². The van der Waals surface area contributed by atoms with E-state index in [1.54, 1.807) is 18.5 Å². The minimum absolute atomic E-state index is 0.0703. The lowest BCUT2D eigenvalue weighted by molar-refractivity contribution is -0.148. The van der Waals surface area contributed by atoms with E-state index in [-0.39, 0.29) is 15.6 Å². The standard InChI is InChI=1S/C14H16Br2N2O3/c15-11-4-9(10(14(20)21)5-12(11)16)13(19)18-7-8-2-1-3-17-6-8/h1-3,6,9-12H,4-5,7H2,(H,18,19)(H,20,21)/t9-,10+,11+,12-/m1/s1. The molecule has 0 saturated heterocycles. The monoisotopic (exact) mass is 418 g/mol. The van der Waals surface area contributed by atoms with Gasteiger partial charge in [-0.3, -0.25) is 14.6 Å². The number of amides is 1. The molecule has 0 aromatic carbocycles. The van der Waals surface area contributed by atoms with Gasteiger partial charge in [0, 0.05) is 28.6 Å². The van der Waals surface area contributed by atoms with Gasteiger partial charge in [0.15, 0.2) is 0 Å². The van der Waals surface area contributed by atoms with Crippen molar-refractivity contribution >= 4 is 43.7 Å². The van der Waals surface area contributed by atoms with Gasteiger partial charge in [-0.25, -0.2) is 0 Å². The van der Waals surface area contributed by atoms with Crippen molar-refractivity contribution in [1.82, 2.24) is 10.3 Å². The Morgan fingerprint density at radius 2 is 1.95 bits per heavy atom. The molecule has 7 heteroatoms. The van der Waals surface area contributed by atoms with Crippen molar-refractivity contribution in [1.29, 1.82) is 0 Å². The van der Waals surface area contributed by atoms with Gasteiger partial charge in [-0.1, -0.05) is 37.9 Å². The molecular weight excluding hydrogens is 404 g/mol. The predicted molar refractivity (Wildman–Crippen MR) is 85.4 cm³/mol. The summed E-state index contributed by atoms with van der Waals surface area (Å²) >= 11 is 6.97. The van der Waals surface area contributed by atoms with Crippen molar-refractivity contribution in [3.05, 3.63) is 30.1 Å². The number of carbonyl (C=O) groups excluding carboxylic acids is 1. The molecule has 21 heavy (non-hydrogen) atoms. The van der Waals surface area contributed by atoms with Crippen LogP contribution in [0.15, 0.2) is 24.5 Å². The fourth-order valence-electron chi connectivity index (χ4n) is 2.49. The van der Waals surface area contributed by atoms with Gasteiger partial charge in [-0.2, -0.15) is 0 Å². The molecule has 1 fully saturated rings. The summed E-state index contributed by atoms with van der Waals surface area (Å²) in [6, 6.07) is 3.66. The Hall–Kier alpha value is -0.950. The largest absolute Gasteiger partial charge is 0.481 e. The first-order chi connectivity index (χ1) is 9.99. The quantitative estimate of drug-likeness (QED) is 0.734. The maximum Gasteiger partial charge on any atom is 0.307 e. The summed E-state index contributed by atoms with van der Waals surface area (Å²) in [6.45, 7) is 0.361. The summed E-state index contributed by atoms with van der Waals surface area (Å²) in [5, 5.41) is 12.1. The van der Waals surface area contributed by atoms with Crippen LogP contribution < -0.4 is 5.32 Å². The van der Waals surface area contributed by atoms with E-state index in [1.165, 1.54) is 0 Å². The minimum Gasteiger partial charge on any atom is -0.481 e. The normalized spacial score (nSPS) is 28.9. The number of hydrogen-bond donors (Lipinski definition) is 2. The fraction of sp³-hybridized carbons (Fsp3) is 0.500. The second-order valence-electron chi connectivity index (χ2n) is 5.13. The first kappa shape index (κ1) is 16.4. The molecule has 2 rings (SSSR count). The molecule has 1 saturated carbocycles. The molecule has 4 atom stereocenters. The number of carboxylic acid groups (broad SMARTS) is 1. The molecule has 1 aromatic rings. The maximum atomic E-state index is 12.3. The second kappa shape index (κ2) is 7.35. The lowest BCUT2D eigenvalue weighted by Crippen LogP contribution is -2.44. The van der Waals surface area contributed by atoms with Crippen molar-refractivity contribution in [3.8, 4) is 0 Å². The number of carbonyl (C=O) groups is 2. The van der Waals surface area contributed by atoms with Crippen LogP contribution in [0.2, 0.25) is 0 Å². The number of alkyl halides is 2. The number of pyridine rings is 1. The van der Waals surface area contributed by atoms with Crippen molar-refractivity contribution in [2.24, 2.45) is 11.8 Å². The number of rotatable bonds is 4. The van der Waals surface area contributed by atoms with Crippen molar-refractivity contribution in [2.45, 2.75) is 29.0 Å². The molecule has 1 aromatic heterocycles. The van der Waals surface area contributed by atoms with Crippen LogP contribution in [0.25, 0.3) is 0 Å². The van der Waals surface area contributed by atoms with E-state index in [0.29, 0.717) is 19.4 Å². The van der Waals surface area contributed by atoms with E-state index >= 15 is 0 Å². The highest BCUT2D eigenvalue weighted by Gasteiger charge is 2.42. The van der Waals surface area contributed by atoms with Gasteiger partial charge in [0.05, 0.1) is 11.8 Å². The zero-order chi connectivity index (χ0) is 15.4. The highest BCUT2D eigenvalue weighted by molar-refractivity contribution is 9.12. The summed E-state index contributed by atoms with van der Waals surface area (Å²) in [5.74, 6) is -2.30. The molecule has 1 heterocycles. The lowest BCUT2D eigenvalue weighted by atomic mass is 9.78. The minimum atomic E-state index is -0.916. The van der Waals surface area contributed by atoms with Crippen LogP contribution in [0.1, 0.15) is 18.4 Å². The van der Waals surface area contributed by atoms with Gasteiger partial charge in [0.1, 0.15) is 0 Å². The molecule has 5 nitrogen and oxygen atoms in total. The van der Waals surface area contributed by atoms with Gasteiger partial charge in [0.25, 0.3) is 0 Å². The Morgan fingerprint density at radius 1 is 1.29 bits per heavy atom. The third-order valence-corrected chi connectivity index (χ3v) is 6.41. The van der Waals surface area contributed by atoms with Gasteiger partial charge in [-0.05, 0) is 24.5 Å². The molecular formula is C14H16Br2N2O3. The Kier molecular flexibility index (Phi) is 5.75. The predicted octanol–water partition coefficient (Wildman–Crippen LogP) is 2.34. The summed E-state index contributed by atoms with van der Waals surface area (Å²) in [7, 11) is 0. The maximum absolute atomic E-state index is 12.3. The zero-order valence-electron chi connectivity index (χ0n) is 11.2. The highest BCUT2D eigenvalue weighted by atomic mass is 79.9. The number of carboxylic acids is 1. The average molecular weight is 420 g/mol. The number of nitrogens with one attached hydrogen (secondary N) is 1. The summed E-state index contributed by atoms with van der Waals surface area (Å²) < 4.78 is 0. The van der Waals surface area contributed by atoms with Crippen LogP contribution in [0.3, 0.4) is 0 Å². The summed E-state index contributed by atoms with van der Waals surface area (Å²) in [6.07, 6.45) is 4.29. The molecule has 0 spiro atoms. The van der Waals surface area contributed by atoms with E-state index in [2.05, 4.69) is 42.2 Å². The summed E-state index contributed by atoms with van der Waals surface area (Å²) in [4.78, 5) is 27.8. The van der Waals surface area contributed by atoms with Crippen molar-refractivity contribution < 1.29 is 14.7 Å². The SMILES string of the molecule is O=C(O)[C@H]1C[C@@H](Br)[C@@H](Br)C[C@H]1C(=O)NCc1cccnc1. The second-order valence-corrected chi connectivity index (χ2v) is 7.49. The van der Waals surface area contributed by atoms with Crippen LogP contribution in [-0.2, 0) is 16.1 Å². The molecule has 2 N–H and O–H groups in total. The third kappa shape index (κ3) is 4.26. The van der Waals surface area contributed by atoms with Crippen molar-refractivity contribution in [3.63, 3.8) is 0 Å². The first-order valence-corrected chi connectivity index (χ1v) is 8.49. The van der Waals surface area contributed by atoms with E-state index < -0.39 is 17.8 Å². The molecule has 1 aliphatic rings. The van der Waals surface area contributed by atoms with Crippen LogP contribution in [-0.4, -0.2) is 31.6 Å². The molecule has 1 amide bonds. The molecule has 0 radical (unpaired) electrons. The lowest BCUT2D eigenvalue weighted by Gasteiger charge is -2.33. The zero-order valence-corrected chi connectivity index (χ0v) is 14.4. The number of aliphatic carboxylic acids is 1. The number of halogens is 2. The fourth-order valence-corrected chi connectivity index (χ4v) is 3.73. The first-order valence-electron chi connectivity index (χ1n) is 6.66. The van der Waals surface area contributed by atoms with Crippen LogP contribution in [0, 0.1) is 11.8 Å². The van der Waals surface area contributed by atoms with Gasteiger partial charge in [-0.15, -0.1) is 0 Å². The summed E-state index contributed by atoms with van der Waals surface area (Å²) in [5.41, 5.74) is 0.891. The Labute approximate surface area is 139 Å². The van der Waals surface area contributed by atoms with Crippen LogP contribution in [0.5, 0.6) is 0 Å². The van der Waals surface area contributed by atoms with E-state index in [9.17, 15) is 14.7 Å².